The molecule has 5 nitrogen and oxygen atoms in total. The van der Waals surface area contributed by atoms with Gasteiger partial charge in [0.05, 0.1) is 15.7 Å². The molecule has 1 aliphatic rings. The summed E-state index contributed by atoms with van der Waals surface area (Å²) < 4.78 is 1.79. The fourth-order valence-electron chi connectivity index (χ4n) is 2.31. The Morgan fingerprint density at radius 1 is 1.17 bits per heavy atom. The molecule has 122 valence electrons. The molecule has 0 saturated carbocycles. The first-order chi connectivity index (χ1) is 11.4. The summed E-state index contributed by atoms with van der Waals surface area (Å²) in [6, 6.07) is 8.46. The second kappa shape index (κ2) is 6.39. The SMILES string of the molecule is Cn1cccc1/C=C1\C(=O)NC(=S)N(c2cccc(Cl)c2Cl)C1=O. The van der Waals surface area contributed by atoms with Crippen LogP contribution in [0, 0.1) is 0 Å². The molecule has 2 aromatic rings. The summed E-state index contributed by atoms with van der Waals surface area (Å²) >= 11 is 17.3. The van der Waals surface area contributed by atoms with Crippen LogP contribution in [0.2, 0.25) is 10.0 Å². The number of benzene rings is 1. The quantitative estimate of drug-likeness (QED) is 0.495. The van der Waals surface area contributed by atoms with E-state index < -0.39 is 11.8 Å². The van der Waals surface area contributed by atoms with Gasteiger partial charge in [0.15, 0.2) is 5.11 Å². The Kier molecular flexibility index (Phi) is 4.45. The average Bonchev–Trinajstić information content (AvgIpc) is 2.93. The molecule has 1 aliphatic heterocycles. The predicted octanol–water partition coefficient (Wildman–Crippen LogP) is 3.16. The van der Waals surface area contributed by atoms with Crippen molar-refractivity contribution in [3.63, 3.8) is 0 Å². The molecule has 1 fully saturated rings. The van der Waals surface area contributed by atoms with Crippen molar-refractivity contribution in [3.05, 3.63) is 57.8 Å². The molecule has 0 spiro atoms. The molecule has 1 saturated heterocycles. The minimum Gasteiger partial charge on any atom is -0.351 e. The van der Waals surface area contributed by atoms with Gasteiger partial charge in [0.2, 0.25) is 0 Å². The fraction of sp³-hybridized carbons (Fsp3) is 0.0625. The van der Waals surface area contributed by atoms with Crippen LogP contribution < -0.4 is 10.2 Å². The highest BCUT2D eigenvalue weighted by Gasteiger charge is 2.35. The lowest BCUT2D eigenvalue weighted by Crippen LogP contribution is -2.54. The standard InChI is InChI=1S/C16H11Cl2N3O2S/c1-20-7-3-4-9(20)8-10-14(22)19-16(24)21(15(10)23)12-6-2-5-11(17)13(12)18/h2-8H,1H3,(H,19,22,24)/b10-8+. The first kappa shape index (κ1) is 16.7. The van der Waals surface area contributed by atoms with Crippen molar-refractivity contribution >= 4 is 64.1 Å². The van der Waals surface area contributed by atoms with E-state index in [-0.39, 0.29) is 20.7 Å². The molecule has 1 N–H and O–H groups in total. The zero-order valence-electron chi connectivity index (χ0n) is 12.4. The average molecular weight is 380 g/mol. The third kappa shape index (κ3) is 2.84. The molecule has 1 aromatic heterocycles. The smallest absolute Gasteiger partial charge is 0.270 e. The maximum absolute atomic E-state index is 12.8. The number of amides is 2. The molecular weight excluding hydrogens is 369 g/mol. The summed E-state index contributed by atoms with van der Waals surface area (Å²) in [7, 11) is 1.81. The van der Waals surface area contributed by atoms with Gasteiger partial charge in [-0.3, -0.25) is 19.8 Å². The van der Waals surface area contributed by atoms with Gasteiger partial charge in [0, 0.05) is 18.9 Å². The van der Waals surface area contributed by atoms with Gasteiger partial charge in [-0.15, -0.1) is 0 Å². The maximum atomic E-state index is 12.8. The molecule has 24 heavy (non-hydrogen) atoms. The Labute approximate surface area is 153 Å². The van der Waals surface area contributed by atoms with E-state index in [0.29, 0.717) is 11.4 Å². The fourth-order valence-corrected chi connectivity index (χ4v) is 2.97. The lowest BCUT2D eigenvalue weighted by Gasteiger charge is -2.29. The van der Waals surface area contributed by atoms with Gasteiger partial charge in [-0.1, -0.05) is 29.3 Å². The molecule has 1 aromatic carbocycles. The Hall–Kier alpha value is -2.15. The third-order valence-electron chi connectivity index (χ3n) is 3.55. The topological polar surface area (TPSA) is 54.3 Å². The second-order valence-corrected chi connectivity index (χ2v) is 6.25. The number of thiocarbonyl (C=S) groups is 1. The highest BCUT2D eigenvalue weighted by Crippen LogP contribution is 2.34. The first-order valence-electron chi connectivity index (χ1n) is 6.87. The van der Waals surface area contributed by atoms with Crippen molar-refractivity contribution in [2.75, 3.05) is 4.90 Å². The summed E-state index contributed by atoms with van der Waals surface area (Å²) in [5.41, 5.74) is 0.983. The Morgan fingerprint density at radius 2 is 1.92 bits per heavy atom. The van der Waals surface area contributed by atoms with Gasteiger partial charge in [-0.25, -0.2) is 0 Å². The van der Waals surface area contributed by atoms with Gasteiger partial charge < -0.3 is 4.57 Å². The van der Waals surface area contributed by atoms with Crippen LogP contribution in [0.25, 0.3) is 6.08 Å². The van der Waals surface area contributed by atoms with Gasteiger partial charge in [0.1, 0.15) is 5.57 Å². The number of hydrogen-bond donors (Lipinski definition) is 1. The second-order valence-electron chi connectivity index (χ2n) is 5.07. The predicted molar refractivity (Wildman–Crippen MR) is 98.1 cm³/mol. The van der Waals surface area contributed by atoms with Crippen LogP contribution in [0.4, 0.5) is 5.69 Å². The monoisotopic (exact) mass is 379 g/mol. The molecule has 0 bridgehead atoms. The van der Waals surface area contributed by atoms with Crippen molar-refractivity contribution in [2.24, 2.45) is 7.05 Å². The number of nitrogens with zero attached hydrogens (tertiary/aromatic N) is 2. The van der Waals surface area contributed by atoms with E-state index in [1.54, 1.807) is 28.8 Å². The Bertz CT molecular complexity index is 904. The van der Waals surface area contributed by atoms with E-state index >= 15 is 0 Å². The Morgan fingerprint density at radius 3 is 2.58 bits per heavy atom. The summed E-state index contributed by atoms with van der Waals surface area (Å²) in [4.78, 5) is 26.2. The summed E-state index contributed by atoms with van der Waals surface area (Å²) in [5.74, 6) is -1.12. The number of hydrogen-bond acceptors (Lipinski definition) is 3. The number of anilines is 1. The van der Waals surface area contributed by atoms with Gasteiger partial charge in [0.25, 0.3) is 11.8 Å². The lowest BCUT2D eigenvalue weighted by molar-refractivity contribution is -0.122. The molecule has 0 aliphatic carbocycles. The van der Waals surface area contributed by atoms with E-state index in [9.17, 15) is 9.59 Å². The molecule has 0 unspecified atom stereocenters. The zero-order chi connectivity index (χ0) is 17.4. The minimum absolute atomic E-state index is 0.0403. The van der Waals surface area contributed by atoms with E-state index in [1.807, 2.05) is 19.3 Å². The highest BCUT2D eigenvalue weighted by atomic mass is 35.5. The number of halogens is 2. The van der Waals surface area contributed by atoms with Gasteiger partial charge in [-0.05, 0) is 42.6 Å². The molecule has 8 heteroatoms. The normalized spacial score (nSPS) is 16.7. The molecule has 2 amide bonds. The number of carbonyl (C=O) groups excluding carboxylic acids is 2. The molecular formula is C16H11Cl2N3O2S. The molecule has 0 radical (unpaired) electrons. The Balaban J connectivity index is 2.09. The van der Waals surface area contributed by atoms with Crippen LogP contribution in [-0.4, -0.2) is 21.5 Å². The van der Waals surface area contributed by atoms with Gasteiger partial charge >= 0.3 is 0 Å². The zero-order valence-corrected chi connectivity index (χ0v) is 14.7. The number of nitrogens with one attached hydrogen (secondary N) is 1. The van der Waals surface area contributed by atoms with Crippen LogP contribution in [0.3, 0.4) is 0 Å². The number of carbonyl (C=O) groups is 2. The third-order valence-corrected chi connectivity index (χ3v) is 4.64. The number of aromatic nitrogens is 1. The van der Waals surface area contributed by atoms with Crippen molar-refractivity contribution in [1.82, 2.24) is 9.88 Å². The van der Waals surface area contributed by atoms with Crippen molar-refractivity contribution in [2.45, 2.75) is 0 Å². The molecule has 3 rings (SSSR count). The van der Waals surface area contributed by atoms with Crippen LogP contribution in [0.1, 0.15) is 5.69 Å². The molecule has 0 atom stereocenters. The van der Waals surface area contributed by atoms with Crippen LogP contribution in [0.15, 0.2) is 42.1 Å². The van der Waals surface area contributed by atoms with Gasteiger partial charge in [-0.2, -0.15) is 0 Å². The van der Waals surface area contributed by atoms with E-state index in [2.05, 4.69) is 5.32 Å². The van der Waals surface area contributed by atoms with Crippen molar-refractivity contribution < 1.29 is 9.59 Å². The first-order valence-corrected chi connectivity index (χ1v) is 8.03. The van der Waals surface area contributed by atoms with E-state index in [4.69, 9.17) is 35.4 Å². The minimum atomic E-state index is -0.561. The van der Waals surface area contributed by atoms with Crippen LogP contribution >= 0.6 is 35.4 Å². The number of rotatable bonds is 2. The summed E-state index contributed by atoms with van der Waals surface area (Å²) in [5, 5.41) is 2.93. The van der Waals surface area contributed by atoms with Crippen molar-refractivity contribution in [3.8, 4) is 0 Å². The molecule has 2 heterocycles. The van der Waals surface area contributed by atoms with Crippen LogP contribution in [-0.2, 0) is 16.6 Å². The van der Waals surface area contributed by atoms with E-state index in [0.717, 1.165) is 0 Å². The maximum Gasteiger partial charge on any atom is 0.270 e. The summed E-state index contributed by atoms with van der Waals surface area (Å²) in [6.45, 7) is 0. The van der Waals surface area contributed by atoms with E-state index in [1.165, 1.54) is 11.0 Å². The highest BCUT2D eigenvalue weighted by molar-refractivity contribution is 7.80. The largest absolute Gasteiger partial charge is 0.351 e. The lowest BCUT2D eigenvalue weighted by atomic mass is 10.1. The number of aryl methyl sites for hydroxylation is 1. The van der Waals surface area contributed by atoms with Crippen LogP contribution in [0.5, 0.6) is 0 Å². The van der Waals surface area contributed by atoms with Crippen molar-refractivity contribution in [1.29, 1.82) is 0 Å². The summed E-state index contributed by atoms with van der Waals surface area (Å²) in [6.07, 6.45) is 3.32.